The van der Waals surface area contributed by atoms with Crippen molar-refractivity contribution in [1.29, 1.82) is 0 Å². The summed E-state index contributed by atoms with van der Waals surface area (Å²) in [6.07, 6.45) is 3.03. The van der Waals surface area contributed by atoms with Crippen LogP contribution in [0.4, 0.5) is 0 Å². The number of phenols is 1. The van der Waals surface area contributed by atoms with Crippen molar-refractivity contribution in [3.63, 3.8) is 0 Å². The molecule has 6 nitrogen and oxygen atoms in total. The zero-order valence-corrected chi connectivity index (χ0v) is 14.9. The summed E-state index contributed by atoms with van der Waals surface area (Å²) in [5.41, 5.74) is 0.381. The number of hydrogen-bond acceptors (Lipinski definition) is 5. The van der Waals surface area contributed by atoms with Crippen molar-refractivity contribution in [3.05, 3.63) is 29.8 Å². The maximum atomic E-state index is 12.6. The molecule has 0 unspecified atom stereocenters. The van der Waals surface area contributed by atoms with Crippen LogP contribution in [0, 0.1) is 11.8 Å². The van der Waals surface area contributed by atoms with Crippen LogP contribution >= 0.6 is 0 Å². The highest BCUT2D eigenvalue weighted by atomic mass is 32.2. The van der Waals surface area contributed by atoms with Crippen LogP contribution in [0.25, 0.3) is 0 Å². The Bertz CT molecular complexity index is 780. The van der Waals surface area contributed by atoms with E-state index >= 15 is 0 Å². The lowest BCUT2D eigenvalue weighted by molar-refractivity contribution is 0.0228. The molecular formula is C18H23NO5S. The highest BCUT2D eigenvalue weighted by Gasteiger charge is 2.62. The molecular weight excluding hydrogens is 342 g/mol. The minimum Gasteiger partial charge on any atom is -0.508 e. The third kappa shape index (κ3) is 2.93. The number of rotatable bonds is 5. The normalized spacial score (nSPS) is 26.6. The van der Waals surface area contributed by atoms with Crippen LogP contribution in [0.5, 0.6) is 5.75 Å². The van der Waals surface area contributed by atoms with E-state index in [9.17, 15) is 18.3 Å². The van der Waals surface area contributed by atoms with Crippen molar-refractivity contribution >= 4 is 15.7 Å². The molecule has 1 N–H and O–H groups in total. The zero-order chi connectivity index (χ0) is 17.7. The number of carbonyl (C=O) groups excluding carboxylic acids is 1. The van der Waals surface area contributed by atoms with Gasteiger partial charge >= 0.3 is 0 Å². The molecule has 0 bridgehead atoms. The molecule has 2 heterocycles. The monoisotopic (exact) mass is 365 g/mol. The fraction of sp³-hybridized carbons (Fsp3) is 0.611. The van der Waals surface area contributed by atoms with Crippen molar-refractivity contribution in [2.75, 3.05) is 32.1 Å². The van der Waals surface area contributed by atoms with E-state index in [1.54, 1.807) is 17.0 Å². The van der Waals surface area contributed by atoms with Gasteiger partial charge in [0.15, 0.2) is 9.84 Å². The predicted octanol–water partition coefficient (Wildman–Crippen LogP) is 1.45. The topological polar surface area (TPSA) is 83.9 Å². The third-order valence-electron chi connectivity index (χ3n) is 5.77. The van der Waals surface area contributed by atoms with Crippen LogP contribution in [-0.2, 0) is 14.6 Å². The van der Waals surface area contributed by atoms with E-state index in [-0.39, 0.29) is 36.4 Å². The SMILES string of the molecule is O=C(c1cccc(O)c1)N1CC2(C1)[C@H](COCC1CC1)CCS2(=O)=O. The molecule has 2 saturated heterocycles. The van der Waals surface area contributed by atoms with Crippen molar-refractivity contribution in [2.24, 2.45) is 11.8 Å². The van der Waals surface area contributed by atoms with Gasteiger partial charge in [-0.15, -0.1) is 0 Å². The first-order chi connectivity index (χ1) is 11.9. The number of phenolic OH excluding ortho intramolecular Hbond substituents is 1. The highest BCUT2D eigenvalue weighted by molar-refractivity contribution is 7.93. The molecule has 1 amide bonds. The Morgan fingerprint density at radius 1 is 1.24 bits per heavy atom. The number of sulfone groups is 1. The van der Waals surface area contributed by atoms with Gasteiger partial charge in [0, 0.05) is 31.2 Å². The summed E-state index contributed by atoms with van der Waals surface area (Å²) in [4.78, 5) is 14.1. The molecule has 7 heteroatoms. The molecule has 3 fully saturated rings. The standard InChI is InChI=1S/C18H23NO5S/c20-16-3-1-2-14(8-16)17(21)19-11-18(12-19)15(6-7-25(18,22)23)10-24-9-13-4-5-13/h1-3,8,13,15,20H,4-7,9-12H2/t15-/m0/s1. The summed E-state index contributed by atoms with van der Waals surface area (Å²) >= 11 is 0. The Morgan fingerprint density at radius 2 is 2.00 bits per heavy atom. The van der Waals surface area contributed by atoms with E-state index in [1.807, 2.05) is 0 Å². The van der Waals surface area contributed by atoms with E-state index in [1.165, 1.54) is 25.0 Å². The minimum absolute atomic E-state index is 0.0286. The van der Waals surface area contributed by atoms with E-state index in [0.29, 0.717) is 24.5 Å². The van der Waals surface area contributed by atoms with Crippen LogP contribution in [-0.4, -0.2) is 61.1 Å². The van der Waals surface area contributed by atoms with Gasteiger partial charge in [0.1, 0.15) is 10.5 Å². The molecule has 1 aliphatic carbocycles. The Hall–Kier alpha value is -1.60. The first-order valence-corrected chi connectivity index (χ1v) is 10.4. The molecule has 1 spiro atoms. The van der Waals surface area contributed by atoms with E-state index < -0.39 is 14.6 Å². The molecule has 0 aromatic heterocycles. The average Bonchev–Trinajstić information content (AvgIpc) is 3.30. The summed E-state index contributed by atoms with van der Waals surface area (Å²) in [6, 6.07) is 6.15. The quantitative estimate of drug-likeness (QED) is 0.854. The Kier molecular flexibility index (Phi) is 4.03. The average molecular weight is 365 g/mol. The molecule has 2 aliphatic heterocycles. The summed E-state index contributed by atoms with van der Waals surface area (Å²) in [6.45, 7) is 1.63. The summed E-state index contributed by atoms with van der Waals surface area (Å²) < 4.78 is 30.1. The molecule has 4 rings (SSSR count). The second-order valence-electron chi connectivity index (χ2n) is 7.56. The number of nitrogens with zero attached hydrogens (tertiary/aromatic N) is 1. The molecule has 136 valence electrons. The molecule has 25 heavy (non-hydrogen) atoms. The van der Waals surface area contributed by atoms with Gasteiger partial charge in [-0.2, -0.15) is 0 Å². The van der Waals surface area contributed by atoms with Crippen molar-refractivity contribution < 1.29 is 23.1 Å². The fourth-order valence-electron chi connectivity index (χ4n) is 3.93. The van der Waals surface area contributed by atoms with Gasteiger partial charge in [0.2, 0.25) is 0 Å². The Morgan fingerprint density at radius 3 is 2.68 bits per heavy atom. The minimum atomic E-state index is -3.21. The largest absolute Gasteiger partial charge is 0.508 e. The van der Waals surface area contributed by atoms with Gasteiger partial charge in [-0.05, 0) is 43.4 Å². The van der Waals surface area contributed by atoms with Crippen molar-refractivity contribution in [2.45, 2.75) is 24.0 Å². The van der Waals surface area contributed by atoms with Crippen LogP contribution < -0.4 is 0 Å². The van der Waals surface area contributed by atoms with Crippen LogP contribution in [0.15, 0.2) is 24.3 Å². The molecule has 1 aromatic rings. The Balaban J connectivity index is 1.44. The van der Waals surface area contributed by atoms with Gasteiger partial charge in [-0.3, -0.25) is 4.79 Å². The van der Waals surface area contributed by atoms with Gasteiger partial charge in [-0.1, -0.05) is 6.07 Å². The molecule has 0 radical (unpaired) electrons. The molecule has 1 atom stereocenters. The van der Waals surface area contributed by atoms with Crippen LogP contribution in [0.1, 0.15) is 29.6 Å². The van der Waals surface area contributed by atoms with Crippen molar-refractivity contribution in [3.8, 4) is 5.75 Å². The number of ether oxygens (including phenoxy) is 1. The number of hydrogen-bond donors (Lipinski definition) is 1. The zero-order valence-electron chi connectivity index (χ0n) is 14.1. The fourth-order valence-corrected chi connectivity index (χ4v) is 6.33. The van der Waals surface area contributed by atoms with Crippen molar-refractivity contribution in [1.82, 2.24) is 4.90 Å². The lowest BCUT2D eigenvalue weighted by Crippen LogP contribution is -2.68. The second kappa shape index (κ2) is 5.99. The summed E-state index contributed by atoms with van der Waals surface area (Å²) in [5.74, 6) is 0.587. The smallest absolute Gasteiger partial charge is 0.254 e. The maximum Gasteiger partial charge on any atom is 0.254 e. The summed E-state index contributed by atoms with van der Waals surface area (Å²) in [7, 11) is -3.21. The molecule has 3 aliphatic rings. The lowest BCUT2D eigenvalue weighted by atomic mass is 9.83. The lowest BCUT2D eigenvalue weighted by Gasteiger charge is -2.49. The van der Waals surface area contributed by atoms with Crippen LogP contribution in [0.3, 0.4) is 0 Å². The van der Waals surface area contributed by atoms with E-state index in [2.05, 4.69) is 0 Å². The number of aromatic hydroxyl groups is 1. The predicted molar refractivity (Wildman–Crippen MR) is 92.2 cm³/mol. The Labute approximate surface area is 147 Å². The van der Waals surface area contributed by atoms with E-state index in [0.717, 1.165) is 6.61 Å². The first kappa shape index (κ1) is 16.8. The second-order valence-corrected chi connectivity index (χ2v) is 10.0. The number of amides is 1. The van der Waals surface area contributed by atoms with E-state index in [4.69, 9.17) is 4.74 Å². The maximum absolute atomic E-state index is 12.6. The van der Waals surface area contributed by atoms with Gasteiger partial charge in [0.05, 0.1) is 12.4 Å². The number of likely N-dealkylation sites (tertiary alicyclic amines) is 1. The van der Waals surface area contributed by atoms with Gasteiger partial charge in [-0.25, -0.2) is 8.42 Å². The number of benzene rings is 1. The molecule has 1 aromatic carbocycles. The third-order valence-corrected chi connectivity index (χ3v) is 8.37. The highest BCUT2D eigenvalue weighted by Crippen LogP contribution is 2.45. The summed E-state index contributed by atoms with van der Waals surface area (Å²) in [5, 5.41) is 9.53. The first-order valence-electron chi connectivity index (χ1n) is 8.80. The molecule has 1 saturated carbocycles. The number of carbonyl (C=O) groups is 1. The van der Waals surface area contributed by atoms with Crippen LogP contribution in [0.2, 0.25) is 0 Å². The van der Waals surface area contributed by atoms with Gasteiger partial charge < -0.3 is 14.7 Å². The van der Waals surface area contributed by atoms with Gasteiger partial charge in [0.25, 0.3) is 5.91 Å².